The summed E-state index contributed by atoms with van der Waals surface area (Å²) in [7, 11) is -2.92. The predicted molar refractivity (Wildman–Crippen MR) is 130 cm³/mol. The Labute approximate surface area is 195 Å². The first-order valence-corrected chi connectivity index (χ1v) is 13.4. The number of nitrogens with zero attached hydrogens (tertiary/aromatic N) is 3. The second-order valence-electron chi connectivity index (χ2n) is 8.58. The number of carbonyl (C=O) groups excluding carboxylic acids is 1. The molecule has 0 unspecified atom stereocenters. The van der Waals surface area contributed by atoms with Crippen molar-refractivity contribution in [1.82, 2.24) is 14.7 Å². The number of aliphatic carboxylic acids is 1. The van der Waals surface area contributed by atoms with Gasteiger partial charge in [0.2, 0.25) is 0 Å². The Morgan fingerprint density at radius 1 is 1.24 bits per heavy atom. The van der Waals surface area contributed by atoms with Crippen LogP contribution in [0.15, 0.2) is 35.5 Å². The fourth-order valence-corrected chi connectivity index (χ4v) is 5.05. The van der Waals surface area contributed by atoms with Gasteiger partial charge in [0.25, 0.3) is 5.91 Å². The average molecular weight is 476 g/mol. The number of hydrogen-bond acceptors (Lipinski definition) is 6. The lowest BCUT2D eigenvalue weighted by Gasteiger charge is -2.23. The molecule has 10 heteroatoms. The molecule has 33 heavy (non-hydrogen) atoms. The fourth-order valence-electron chi connectivity index (χ4n) is 3.53. The maximum absolute atomic E-state index is 12.9. The zero-order valence-corrected chi connectivity index (χ0v) is 20.3. The molecule has 0 atom stereocenters. The highest BCUT2D eigenvalue weighted by Gasteiger charge is 2.25. The molecule has 3 rings (SSSR count). The Morgan fingerprint density at radius 3 is 2.64 bits per heavy atom. The molecule has 1 amide bonds. The summed E-state index contributed by atoms with van der Waals surface area (Å²) in [6.45, 7) is 5.89. The van der Waals surface area contributed by atoms with Gasteiger partial charge in [-0.15, -0.1) is 0 Å². The zero-order chi connectivity index (χ0) is 24.0. The molecule has 9 nitrogen and oxygen atoms in total. The Bertz CT molecular complexity index is 1060. The highest BCUT2D eigenvalue weighted by Crippen LogP contribution is 2.31. The molecular formula is C23H33N5O4S. The van der Waals surface area contributed by atoms with Crippen LogP contribution >= 0.6 is 0 Å². The van der Waals surface area contributed by atoms with Gasteiger partial charge in [-0.05, 0) is 66.0 Å². The molecule has 2 aromatic rings. The van der Waals surface area contributed by atoms with E-state index in [-0.39, 0.29) is 24.6 Å². The highest BCUT2D eigenvalue weighted by atomic mass is 32.3. The minimum atomic E-state index is -2.92. The summed E-state index contributed by atoms with van der Waals surface area (Å²) in [5.74, 6) is 0.181. The number of nitrogens with one attached hydrogen (secondary N) is 2. The van der Waals surface area contributed by atoms with Crippen LogP contribution in [0, 0.1) is 12.8 Å². The molecule has 1 aromatic carbocycles. The van der Waals surface area contributed by atoms with E-state index in [0.29, 0.717) is 16.5 Å². The number of carboxylic acids is 1. The minimum absolute atomic E-state index is 0.109. The van der Waals surface area contributed by atoms with Crippen molar-refractivity contribution in [2.24, 2.45) is 5.92 Å². The van der Waals surface area contributed by atoms with Gasteiger partial charge in [0, 0.05) is 42.5 Å². The van der Waals surface area contributed by atoms with Crippen LogP contribution in [-0.4, -0.2) is 57.0 Å². The first-order chi connectivity index (χ1) is 15.7. The van der Waals surface area contributed by atoms with Crippen molar-refractivity contribution in [3.8, 4) is 0 Å². The SMILES string of the molecule is CCCN(CC1CC1)c1cc(C(=O)Nc2ccc([SH](C)(=O)NCCC(=O)O)cc2C)ncn1. The Hall–Kier alpha value is -2.85. The molecule has 180 valence electrons. The number of amides is 1. The number of aromatic nitrogens is 2. The van der Waals surface area contributed by atoms with Gasteiger partial charge < -0.3 is 15.3 Å². The van der Waals surface area contributed by atoms with E-state index in [1.165, 1.54) is 19.2 Å². The number of anilines is 2. The second-order valence-corrected chi connectivity index (χ2v) is 11.3. The number of benzene rings is 1. The van der Waals surface area contributed by atoms with E-state index in [2.05, 4.69) is 31.8 Å². The number of carbonyl (C=O) groups is 2. The summed E-state index contributed by atoms with van der Waals surface area (Å²) < 4.78 is 15.8. The molecule has 1 fully saturated rings. The van der Waals surface area contributed by atoms with Crippen molar-refractivity contribution in [2.45, 2.75) is 44.4 Å². The van der Waals surface area contributed by atoms with Crippen LogP contribution in [0.2, 0.25) is 0 Å². The van der Waals surface area contributed by atoms with E-state index in [1.54, 1.807) is 30.5 Å². The smallest absolute Gasteiger partial charge is 0.304 e. The highest BCUT2D eigenvalue weighted by molar-refractivity contribution is 8.00. The lowest BCUT2D eigenvalue weighted by molar-refractivity contribution is -0.136. The summed E-state index contributed by atoms with van der Waals surface area (Å²) in [5, 5.41) is 11.7. The van der Waals surface area contributed by atoms with E-state index >= 15 is 0 Å². The summed E-state index contributed by atoms with van der Waals surface area (Å²) in [6, 6.07) is 6.86. The van der Waals surface area contributed by atoms with E-state index in [1.807, 2.05) is 6.92 Å². The standard InChI is InChI=1S/C23H33N5O4S/c1-4-11-28(14-17-5-6-17)21-13-20(24-15-25-21)23(31)27-19-8-7-18(12-16(19)2)33(3,32)26-10-9-22(29)30/h7-8,12-13,15,17,33H,4-6,9-11,14H2,1-3H3,(H,26,32)(H,27,31)(H,29,30). The maximum atomic E-state index is 12.9. The lowest BCUT2D eigenvalue weighted by Crippen LogP contribution is -2.32. The largest absolute Gasteiger partial charge is 0.481 e. The van der Waals surface area contributed by atoms with Gasteiger partial charge in [0.15, 0.2) is 0 Å². The number of rotatable bonds is 12. The monoisotopic (exact) mass is 475 g/mol. The molecule has 1 aliphatic rings. The predicted octanol–water partition coefficient (Wildman–Crippen LogP) is 2.65. The third kappa shape index (κ3) is 7.06. The van der Waals surface area contributed by atoms with Gasteiger partial charge in [-0.1, -0.05) is 6.92 Å². The zero-order valence-electron chi connectivity index (χ0n) is 19.4. The molecule has 3 N–H and O–H groups in total. The van der Waals surface area contributed by atoms with Gasteiger partial charge in [0.1, 0.15) is 17.8 Å². The van der Waals surface area contributed by atoms with E-state index in [9.17, 15) is 13.8 Å². The van der Waals surface area contributed by atoms with E-state index < -0.39 is 16.1 Å². The third-order valence-corrected chi connectivity index (χ3v) is 7.67. The maximum Gasteiger partial charge on any atom is 0.304 e. The Morgan fingerprint density at radius 2 is 2.00 bits per heavy atom. The van der Waals surface area contributed by atoms with Crippen molar-refractivity contribution in [1.29, 1.82) is 0 Å². The molecule has 1 saturated carbocycles. The molecule has 0 radical (unpaired) electrons. The van der Waals surface area contributed by atoms with Crippen LogP contribution in [0.1, 0.15) is 48.7 Å². The van der Waals surface area contributed by atoms with Crippen molar-refractivity contribution < 1.29 is 18.9 Å². The minimum Gasteiger partial charge on any atom is -0.481 e. The molecule has 1 aromatic heterocycles. The quantitative estimate of drug-likeness (QED) is 0.348. The van der Waals surface area contributed by atoms with Crippen molar-refractivity contribution in [3.05, 3.63) is 41.9 Å². The summed E-state index contributed by atoms with van der Waals surface area (Å²) in [5.41, 5.74) is 1.63. The van der Waals surface area contributed by atoms with Crippen LogP contribution in [0.25, 0.3) is 0 Å². The topological polar surface area (TPSA) is 125 Å². The van der Waals surface area contributed by atoms with Gasteiger partial charge in [-0.2, -0.15) is 0 Å². The molecule has 1 heterocycles. The van der Waals surface area contributed by atoms with Gasteiger partial charge in [-0.3, -0.25) is 18.5 Å². The Kier molecular flexibility index (Phi) is 8.15. The molecule has 0 aliphatic heterocycles. The first-order valence-electron chi connectivity index (χ1n) is 11.2. The second kappa shape index (κ2) is 10.8. The molecule has 0 spiro atoms. The number of hydrogen-bond donors (Lipinski definition) is 4. The van der Waals surface area contributed by atoms with Crippen LogP contribution in [0.5, 0.6) is 0 Å². The molecule has 0 bridgehead atoms. The van der Waals surface area contributed by atoms with Crippen LogP contribution in [-0.2, 0) is 14.9 Å². The summed E-state index contributed by atoms with van der Waals surface area (Å²) in [4.78, 5) is 34.9. The molecular weight excluding hydrogens is 442 g/mol. The normalized spacial score (nSPS) is 14.0. The molecule has 0 saturated heterocycles. The lowest BCUT2D eigenvalue weighted by atomic mass is 10.2. The summed E-state index contributed by atoms with van der Waals surface area (Å²) >= 11 is 0. The van der Waals surface area contributed by atoms with Crippen molar-refractivity contribution in [2.75, 3.05) is 36.1 Å². The van der Waals surface area contributed by atoms with E-state index in [0.717, 1.165) is 30.9 Å². The average Bonchev–Trinajstić information content (AvgIpc) is 3.58. The van der Waals surface area contributed by atoms with Gasteiger partial charge in [-0.25, -0.2) is 9.97 Å². The van der Waals surface area contributed by atoms with Gasteiger partial charge >= 0.3 is 5.97 Å². The third-order valence-electron chi connectivity index (χ3n) is 5.58. The first kappa shape index (κ1) is 24.8. The van der Waals surface area contributed by atoms with Crippen molar-refractivity contribution >= 4 is 33.5 Å². The number of carboxylic acid groups (broad SMARTS) is 1. The van der Waals surface area contributed by atoms with Crippen molar-refractivity contribution in [3.63, 3.8) is 0 Å². The molecule has 1 aliphatic carbocycles. The Balaban J connectivity index is 1.70. The summed E-state index contributed by atoms with van der Waals surface area (Å²) in [6.07, 6.45) is 6.36. The number of thiol groups is 1. The number of aryl methyl sites for hydroxylation is 1. The van der Waals surface area contributed by atoms with Crippen LogP contribution < -0.4 is 14.9 Å². The van der Waals surface area contributed by atoms with Crippen LogP contribution in [0.4, 0.5) is 11.5 Å². The van der Waals surface area contributed by atoms with E-state index in [4.69, 9.17) is 5.11 Å². The van der Waals surface area contributed by atoms with Gasteiger partial charge in [0.05, 0.1) is 6.42 Å². The van der Waals surface area contributed by atoms with Crippen LogP contribution in [0.3, 0.4) is 0 Å². The fraction of sp³-hybridized carbons (Fsp3) is 0.478.